The maximum absolute atomic E-state index is 10.8. The first kappa shape index (κ1) is 12.4. The number of amides is 1. The third kappa shape index (κ3) is 6.54. The lowest BCUT2D eigenvalue weighted by Crippen LogP contribution is -2.41. The van der Waals surface area contributed by atoms with Crippen LogP contribution in [0.25, 0.3) is 0 Å². The van der Waals surface area contributed by atoms with E-state index < -0.39 is 5.60 Å². The number of carbonyl (C=O) groups is 1. The maximum atomic E-state index is 10.8. The Bertz CT molecular complexity index is 158. The molecule has 0 radical (unpaired) electrons. The Morgan fingerprint density at radius 3 is 2.62 bits per heavy atom. The highest BCUT2D eigenvalue weighted by molar-refractivity contribution is 5.77. The molecule has 0 aromatic carbocycles. The summed E-state index contributed by atoms with van der Waals surface area (Å²) in [6.45, 7) is 4.51. The number of nitrogens with one attached hydrogen (secondary N) is 2. The average Bonchev–Trinajstić information content (AvgIpc) is 2.03. The normalized spacial score (nSPS) is 15.1. The van der Waals surface area contributed by atoms with Crippen LogP contribution in [0.4, 0.5) is 0 Å². The molecule has 0 aromatic rings. The quantitative estimate of drug-likeness (QED) is 0.544. The van der Waals surface area contributed by atoms with Gasteiger partial charge in [0.25, 0.3) is 0 Å². The third-order valence-electron chi connectivity index (χ3n) is 1.86. The molecule has 0 heterocycles. The number of hydrogen-bond acceptors (Lipinski definition) is 3. The maximum Gasteiger partial charge on any atom is 0.233 e. The first-order valence-electron chi connectivity index (χ1n) is 4.65. The van der Waals surface area contributed by atoms with Gasteiger partial charge in [0, 0.05) is 13.6 Å². The van der Waals surface area contributed by atoms with E-state index in [9.17, 15) is 9.90 Å². The van der Waals surface area contributed by atoms with E-state index in [0.717, 1.165) is 12.8 Å². The lowest BCUT2D eigenvalue weighted by molar-refractivity contribution is -0.119. The molecule has 0 rings (SSSR count). The summed E-state index contributed by atoms with van der Waals surface area (Å²) in [7, 11) is 1.59. The van der Waals surface area contributed by atoms with Gasteiger partial charge in [-0.05, 0) is 13.3 Å². The summed E-state index contributed by atoms with van der Waals surface area (Å²) in [5.74, 6) is -0.0627. The fraction of sp³-hybridized carbons (Fsp3) is 0.889. The summed E-state index contributed by atoms with van der Waals surface area (Å²) >= 11 is 0. The van der Waals surface area contributed by atoms with Crippen molar-refractivity contribution in [2.24, 2.45) is 0 Å². The molecule has 0 saturated heterocycles. The van der Waals surface area contributed by atoms with Gasteiger partial charge in [0.1, 0.15) is 0 Å². The second-order valence-electron chi connectivity index (χ2n) is 3.52. The molecule has 1 unspecified atom stereocenters. The van der Waals surface area contributed by atoms with Crippen LogP contribution < -0.4 is 10.6 Å². The minimum Gasteiger partial charge on any atom is -0.389 e. The van der Waals surface area contributed by atoms with Crippen molar-refractivity contribution >= 4 is 5.91 Å². The first-order chi connectivity index (χ1) is 6.02. The summed E-state index contributed by atoms with van der Waals surface area (Å²) in [4.78, 5) is 10.8. The number of aliphatic hydroxyl groups is 1. The predicted octanol–water partition coefficient (Wildman–Crippen LogP) is -0.127. The first-order valence-corrected chi connectivity index (χ1v) is 4.65. The molecule has 13 heavy (non-hydrogen) atoms. The Morgan fingerprint density at radius 2 is 2.15 bits per heavy atom. The van der Waals surface area contributed by atoms with E-state index in [4.69, 9.17) is 0 Å². The van der Waals surface area contributed by atoms with Crippen molar-refractivity contribution in [3.63, 3.8) is 0 Å². The molecule has 78 valence electrons. The molecule has 0 aliphatic rings. The fourth-order valence-electron chi connectivity index (χ4n) is 1.16. The lowest BCUT2D eigenvalue weighted by Gasteiger charge is -2.22. The Morgan fingerprint density at radius 1 is 1.54 bits per heavy atom. The molecule has 4 nitrogen and oxygen atoms in total. The van der Waals surface area contributed by atoms with Crippen LogP contribution in [0.5, 0.6) is 0 Å². The van der Waals surface area contributed by atoms with E-state index in [1.807, 2.05) is 6.92 Å². The number of carbonyl (C=O) groups excluding carboxylic acids is 1. The summed E-state index contributed by atoms with van der Waals surface area (Å²) in [5, 5.41) is 15.1. The van der Waals surface area contributed by atoms with E-state index >= 15 is 0 Å². The Labute approximate surface area is 79.7 Å². The van der Waals surface area contributed by atoms with Crippen LogP contribution in [0.3, 0.4) is 0 Å². The van der Waals surface area contributed by atoms with Crippen LogP contribution in [0.2, 0.25) is 0 Å². The standard InChI is InChI=1S/C9H20N2O2/c1-4-5-9(2,13)7-11-6-8(12)10-3/h11,13H,4-7H2,1-3H3,(H,10,12). The highest BCUT2D eigenvalue weighted by Gasteiger charge is 2.18. The predicted molar refractivity (Wildman–Crippen MR) is 52.5 cm³/mol. The van der Waals surface area contributed by atoms with Gasteiger partial charge in [0.15, 0.2) is 0 Å². The molecule has 0 saturated carbocycles. The van der Waals surface area contributed by atoms with E-state index in [-0.39, 0.29) is 12.5 Å². The van der Waals surface area contributed by atoms with Gasteiger partial charge >= 0.3 is 0 Å². The molecule has 0 aromatic heterocycles. The monoisotopic (exact) mass is 188 g/mol. The van der Waals surface area contributed by atoms with Gasteiger partial charge in [-0.25, -0.2) is 0 Å². The number of likely N-dealkylation sites (N-methyl/N-ethyl adjacent to an activating group) is 1. The van der Waals surface area contributed by atoms with E-state index in [2.05, 4.69) is 10.6 Å². The van der Waals surface area contributed by atoms with Crippen molar-refractivity contribution in [1.29, 1.82) is 0 Å². The second kappa shape index (κ2) is 5.94. The van der Waals surface area contributed by atoms with Gasteiger partial charge in [-0.2, -0.15) is 0 Å². The van der Waals surface area contributed by atoms with Crippen LogP contribution in [-0.2, 0) is 4.79 Å². The second-order valence-corrected chi connectivity index (χ2v) is 3.52. The van der Waals surface area contributed by atoms with Crippen molar-refractivity contribution in [3.05, 3.63) is 0 Å². The van der Waals surface area contributed by atoms with Gasteiger partial charge < -0.3 is 15.7 Å². The van der Waals surface area contributed by atoms with E-state index in [1.165, 1.54) is 0 Å². The zero-order valence-electron chi connectivity index (χ0n) is 8.68. The Hall–Kier alpha value is -0.610. The largest absolute Gasteiger partial charge is 0.389 e. The molecule has 1 amide bonds. The Balaban J connectivity index is 3.56. The molecule has 1 atom stereocenters. The molecule has 0 aliphatic carbocycles. The molecular formula is C9H20N2O2. The summed E-state index contributed by atoms with van der Waals surface area (Å²) < 4.78 is 0. The van der Waals surface area contributed by atoms with Gasteiger partial charge in [-0.1, -0.05) is 13.3 Å². The lowest BCUT2D eigenvalue weighted by atomic mass is 10.0. The molecule has 3 N–H and O–H groups in total. The van der Waals surface area contributed by atoms with Gasteiger partial charge in [-0.15, -0.1) is 0 Å². The van der Waals surface area contributed by atoms with Crippen molar-refractivity contribution in [2.75, 3.05) is 20.1 Å². The number of hydrogen-bond donors (Lipinski definition) is 3. The molecule has 0 fully saturated rings. The van der Waals surface area contributed by atoms with E-state index in [1.54, 1.807) is 14.0 Å². The summed E-state index contributed by atoms with van der Waals surface area (Å²) in [6, 6.07) is 0. The van der Waals surface area contributed by atoms with Gasteiger partial charge in [0.2, 0.25) is 5.91 Å². The SMILES string of the molecule is CCCC(C)(O)CNCC(=O)NC. The zero-order chi connectivity index (χ0) is 10.3. The van der Waals surface area contributed by atoms with Crippen molar-refractivity contribution < 1.29 is 9.90 Å². The van der Waals surface area contributed by atoms with Crippen molar-refractivity contribution in [1.82, 2.24) is 10.6 Å². The van der Waals surface area contributed by atoms with Crippen LogP contribution in [0.15, 0.2) is 0 Å². The summed E-state index contributed by atoms with van der Waals surface area (Å²) in [6.07, 6.45) is 1.68. The highest BCUT2D eigenvalue weighted by Crippen LogP contribution is 2.09. The minimum atomic E-state index is -0.706. The Kier molecular flexibility index (Phi) is 5.66. The highest BCUT2D eigenvalue weighted by atomic mass is 16.3. The van der Waals surface area contributed by atoms with Gasteiger partial charge in [-0.3, -0.25) is 4.79 Å². The summed E-state index contributed by atoms with van der Waals surface area (Å²) in [5.41, 5.74) is -0.706. The molecule has 0 spiro atoms. The average molecular weight is 188 g/mol. The number of rotatable bonds is 6. The van der Waals surface area contributed by atoms with Crippen LogP contribution in [-0.4, -0.2) is 36.8 Å². The molecule has 4 heteroatoms. The van der Waals surface area contributed by atoms with Crippen molar-refractivity contribution in [2.45, 2.75) is 32.3 Å². The third-order valence-corrected chi connectivity index (χ3v) is 1.86. The molecule has 0 aliphatic heterocycles. The smallest absolute Gasteiger partial charge is 0.233 e. The topological polar surface area (TPSA) is 61.4 Å². The zero-order valence-corrected chi connectivity index (χ0v) is 8.68. The fourth-order valence-corrected chi connectivity index (χ4v) is 1.16. The van der Waals surface area contributed by atoms with E-state index in [0.29, 0.717) is 6.54 Å². The molecular weight excluding hydrogens is 168 g/mol. The van der Waals surface area contributed by atoms with Crippen LogP contribution >= 0.6 is 0 Å². The molecule has 0 bridgehead atoms. The van der Waals surface area contributed by atoms with Gasteiger partial charge in [0.05, 0.1) is 12.1 Å². The van der Waals surface area contributed by atoms with Crippen molar-refractivity contribution in [3.8, 4) is 0 Å². The minimum absolute atomic E-state index is 0.0627. The van der Waals surface area contributed by atoms with Crippen LogP contribution in [0.1, 0.15) is 26.7 Å². The van der Waals surface area contributed by atoms with Crippen LogP contribution in [0, 0.1) is 0 Å².